The molecule has 0 radical (unpaired) electrons. The lowest BCUT2D eigenvalue weighted by Crippen LogP contribution is -2.36. The normalized spacial score (nSPS) is 18.1. The molecule has 1 unspecified atom stereocenters. The molecule has 1 aliphatic heterocycles. The second-order valence-electron chi connectivity index (χ2n) is 4.66. The number of guanidine groups is 1. The van der Waals surface area contributed by atoms with E-state index in [1.165, 1.54) is 12.1 Å². The summed E-state index contributed by atoms with van der Waals surface area (Å²) in [5.74, 6) is 0.262. The Labute approximate surface area is 116 Å². The summed E-state index contributed by atoms with van der Waals surface area (Å²) in [5, 5.41) is 9.35. The van der Waals surface area contributed by atoms with Crippen molar-refractivity contribution < 1.29 is 9.50 Å². The summed E-state index contributed by atoms with van der Waals surface area (Å²) < 4.78 is 13.4. The summed E-state index contributed by atoms with van der Waals surface area (Å²) in [6, 6.07) is 13.1. The molecule has 1 atom stereocenters. The number of rotatable bonds is 2. The highest BCUT2D eigenvalue weighted by Crippen LogP contribution is 2.31. The molecule has 0 spiro atoms. The molecule has 102 valence electrons. The highest BCUT2D eigenvalue weighted by atomic mass is 19.1. The van der Waals surface area contributed by atoms with Crippen LogP contribution in [0.1, 0.15) is 11.6 Å². The molecule has 3 rings (SSSR count). The van der Waals surface area contributed by atoms with Crippen LogP contribution in [-0.2, 0) is 0 Å². The van der Waals surface area contributed by atoms with Crippen molar-refractivity contribution in [1.82, 2.24) is 0 Å². The van der Waals surface area contributed by atoms with Gasteiger partial charge in [0.1, 0.15) is 11.6 Å². The molecule has 0 fully saturated rings. The van der Waals surface area contributed by atoms with E-state index >= 15 is 0 Å². The third-order valence-corrected chi connectivity index (χ3v) is 3.35. The van der Waals surface area contributed by atoms with Crippen LogP contribution < -0.4 is 10.6 Å². The number of aliphatic imine (C=N–C) groups is 1. The fraction of sp³-hybridized carbons (Fsp3) is 0.133. The maximum Gasteiger partial charge on any atom is 0.196 e. The standard InChI is InChI=1S/C15H14FN3O/c16-11-2-1-3-12(8-11)19-14(9-18-15(19)17)10-4-6-13(20)7-5-10/h1-8,14,20H,9H2,(H2,17,18). The number of aromatic hydroxyl groups is 1. The first-order valence-corrected chi connectivity index (χ1v) is 6.29. The molecule has 5 heteroatoms. The molecular weight excluding hydrogens is 257 g/mol. The molecule has 2 aromatic rings. The Morgan fingerprint density at radius 1 is 1.20 bits per heavy atom. The van der Waals surface area contributed by atoms with Gasteiger partial charge >= 0.3 is 0 Å². The Bertz CT molecular complexity index is 654. The van der Waals surface area contributed by atoms with E-state index in [1.807, 2.05) is 12.1 Å². The van der Waals surface area contributed by atoms with E-state index in [1.54, 1.807) is 29.2 Å². The fourth-order valence-electron chi connectivity index (χ4n) is 2.39. The first-order chi connectivity index (χ1) is 9.65. The lowest BCUT2D eigenvalue weighted by atomic mass is 10.1. The molecule has 4 nitrogen and oxygen atoms in total. The molecule has 0 aromatic heterocycles. The van der Waals surface area contributed by atoms with Crippen LogP contribution in [-0.4, -0.2) is 17.6 Å². The summed E-state index contributed by atoms with van der Waals surface area (Å²) in [6.45, 7) is 0.507. The molecule has 3 N–H and O–H groups in total. The predicted octanol–water partition coefficient (Wildman–Crippen LogP) is 2.41. The summed E-state index contributed by atoms with van der Waals surface area (Å²) >= 11 is 0. The number of hydrogen-bond donors (Lipinski definition) is 2. The van der Waals surface area contributed by atoms with E-state index in [0.29, 0.717) is 18.2 Å². The van der Waals surface area contributed by atoms with Gasteiger partial charge in [0.2, 0.25) is 0 Å². The van der Waals surface area contributed by atoms with Crippen LogP contribution in [0.25, 0.3) is 0 Å². The van der Waals surface area contributed by atoms with Crippen molar-refractivity contribution in [3.05, 3.63) is 59.9 Å². The van der Waals surface area contributed by atoms with Gasteiger partial charge in [0.05, 0.1) is 12.6 Å². The molecule has 1 aliphatic rings. The first kappa shape index (κ1) is 12.5. The molecule has 2 aromatic carbocycles. The van der Waals surface area contributed by atoms with Crippen LogP contribution in [0, 0.1) is 5.82 Å². The SMILES string of the molecule is NC1=NCC(c2ccc(O)cc2)N1c1cccc(F)c1. The number of phenolic OH excluding ortho intramolecular Hbond substituents is 1. The Morgan fingerprint density at radius 2 is 1.95 bits per heavy atom. The van der Waals surface area contributed by atoms with E-state index in [9.17, 15) is 9.50 Å². The van der Waals surface area contributed by atoms with Crippen molar-refractivity contribution in [3.63, 3.8) is 0 Å². The quantitative estimate of drug-likeness (QED) is 0.881. The van der Waals surface area contributed by atoms with Gasteiger partial charge in [-0.25, -0.2) is 4.39 Å². The van der Waals surface area contributed by atoms with E-state index in [0.717, 1.165) is 5.56 Å². The van der Waals surface area contributed by atoms with Crippen molar-refractivity contribution in [2.45, 2.75) is 6.04 Å². The van der Waals surface area contributed by atoms with Gasteiger partial charge in [-0.15, -0.1) is 0 Å². The molecule has 0 aliphatic carbocycles. The van der Waals surface area contributed by atoms with Gasteiger partial charge in [0, 0.05) is 5.69 Å². The largest absolute Gasteiger partial charge is 0.508 e. The zero-order valence-corrected chi connectivity index (χ0v) is 10.7. The Kier molecular flexibility index (Phi) is 3.02. The minimum absolute atomic E-state index is 0.0857. The second kappa shape index (κ2) is 4.85. The Balaban J connectivity index is 1.98. The number of nitrogens with two attached hydrogens (primary N) is 1. The average Bonchev–Trinajstić information content (AvgIpc) is 2.81. The summed E-state index contributed by atoms with van der Waals surface area (Å²) in [5.41, 5.74) is 7.56. The van der Waals surface area contributed by atoms with Gasteiger partial charge in [-0.1, -0.05) is 18.2 Å². The van der Waals surface area contributed by atoms with Gasteiger partial charge in [-0.05, 0) is 35.9 Å². The monoisotopic (exact) mass is 271 g/mol. The smallest absolute Gasteiger partial charge is 0.196 e. The minimum Gasteiger partial charge on any atom is -0.508 e. The van der Waals surface area contributed by atoms with Crippen molar-refractivity contribution in [1.29, 1.82) is 0 Å². The van der Waals surface area contributed by atoms with Crippen molar-refractivity contribution in [2.75, 3.05) is 11.4 Å². The van der Waals surface area contributed by atoms with E-state index < -0.39 is 0 Å². The molecule has 0 saturated heterocycles. The van der Waals surface area contributed by atoms with E-state index in [-0.39, 0.29) is 17.6 Å². The van der Waals surface area contributed by atoms with Gasteiger partial charge < -0.3 is 15.7 Å². The van der Waals surface area contributed by atoms with Crippen LogP contribution in [0.15, 0.2) is 53.5 Å². The van der Waals surface area contributed by atoms with Crippen LogP contribution in [0.5, 0.6) is 5.75 Å². The lowest BCUT2D eigenvalue weighted by molar-refractivity contribution is 0.475. The Morgan fingerprint density at radius 3 is 2.65 bits per heavy atom. The third kappa shape index (κ3) is 2.18. The second-order valence-corrected chi connectivity index (χ2v) is 4.66. The zero-order valence-electron chi connectivity index (χ0n) is 10.7. The van der Waals surface area contributed by atoms with Gasteiger partial charge in [0.25, 0.3) is 0 Å². The van der Waals surface area contributed by atoms with Crippen molar-refractivity contribution in [2.24, 2.45) is 10.7 Å². The maximum atomic E-state index is 13.4. The lowest BCUT2D eigenvalue weighted by Gasteiger charge is -2.26. The van der Waals surface area contributed by atoms with Crippen molar-refractivity contribution in [3.8, 4) is 5.75 Å². The topological polar surface area (TPSA) is 61.9 Å². The molecule has 0 amide bonds. The Hall–Kier alpha value is -2.56. The van der Waals surface area contributed by atoms with E-state index in [4.69, 9.17) is 5.73 Å². The number of halogens is 1. The van der Waals surface area contributed by atoms with Gasteiger partial charge in [0.15, 0.2) is 5.96 Å². The summed E-state index contributed by atoms with van der Waals surface area (Å²) in [6.07, 6.45) is 0. The third-order valence-electron chi connectivity index (χ3n) is 3.35. The van der Waals surface area contributed by atoms with Crippen LogP contribution in [0.2, 0.25) is 0 Å². The molecule has 20 heavy (non-hydrogen) atoms. The number of hydrogen-bond acceptors (Lipinski definition) is 4. The van der Waals surface area contributed by atoms with Crippen LogP contribution in [0.4, 0.5) is 10.1 Å². The molecule has 1 heterocycles. The zero-order chi connectivity index (χ0) is 14.1. The highest BCUT2D eigenvalue weighted by molar-refractivity contribution is 5.97. The molecule has 0 bridgehead atoms. The summed E-state index contributed by atoms with van der Waals surface area (Å²) in [4.78, 5) is 6.04. The molecular formula is C15H14FN3O. The van der Waals surface area contributed by atoms with Crippen molar-refractivity contribution >= 4 is 11.6 Å². The number of phenols is 1. The number of anilines is 1. The number of benzene rings is 2. The van der Waals surface area contributed by atoms with Gasteiger partial charge in [-0.2, -0.15) is 0 Å². The average molecular weight is 271 g/mol. The minimum atomic E-state index is -0.313. The molecule has 0 saturated carbocycles. The fourth-order valence-corrected chi connectivity index (χ4v) is 2.39. The van der Waals surface area contributed by atoms with E-state index in [2.05, 4.69) is 4.99 Å². The number of nitrogens with zero attached hydrogens (tertiary/aromatic N) is 2. The van der Waals surface area contributed by atoms with Gasteiger partial charge in [-0.3, -0.25) is 4.99 Å². The predicted molar refractivity (Wildman–Crippen MR) is 76.2 cm³/mol. The van der Waals surface area contributed by atoms with Crippen LogP contribution >= 0.6 is 0 Å². The van der Waals surface area contributed by atoms with Crippen LogP contribution in [0.3, 0.4) is 0 Å². The first-order valence-electron chi connectivity index (χ1n) is 6.29. The highest BCUT2D eigenvalue weighted by Gasteiger charge is 2.28. The maximum absolute atomic E-state index is 13.4. The summed E-state index contributed by atoms with van der Waals surface area (Å²) in [7, 11) is 0.